The minimum absolute atomic E-state index is 0.175. The molecular weight excluding hydrogens is 214 g/mol. The van der Waals surface area contributed by atoms with Crippen molar-refractivity contribution in [2.45, 2.75) is 57.7 Å². The van der Waals surface area contributed by atoms with Crippen LogP contribution in [0.3, 0.4) is 0 Å². The largest absolute Gasteiger partial charge is 0.378 e. The second kappa shape index (κ2) is 6.17. The van der Waals surface area contributed by atoms with E-state index in [1.807, 2.05) is 19.3 Å². The van der Waals surface area contributed by atoms with Crippen molar-refractivity contribution in [1.29, 1.82) is 0 Å². The van der Waals surface area contributed by atoms with Crippen molar-refractivity contribution in [1.82, 2.24) is 9.55 Å². The molecule has 0 aliphatic carbocycles. The molecule has 0 radical (unpaired) electrons. The van der Waals surface area contributed by atoms with Crippen LogP contribution in [-0.2, 0) is 17.7 Å². The van der Waals surface area contributed by atoms with Gasteiger partial charge in [-0.05, 0) is 32.6 Å². The SMILES string of the molecule is CC(N)Cc1nccn1CCCC1CCCO1. The van der Waals surface area contributed by atoms with E-state index < -0.39 is 0 Å². The van der Waals surface area contributed by atoms with Crippen LogP contribution >= 0.6 is 0 Å². The van der Waals surface area contributed by atoms with Gasteiger partial charge in [0, 0.05) is 38.0 Å². The van der Waals surface area contributed by atoms with Gasteiger partial charge in [-0.1, -0.05) is 0 Å². The zero-order chi connectivity index (χ0) is 12.1. The topological polar surface area (TPSA) is 53.1 Å². The Morgan fingerprint density at radius 3 is 3.24 bits per heavy atom. The van der Waals surface area contributed by atoms with Gasteiger partial charge in [-0.25, -0.2) is 4.98 Å². The number of ether oxygens (including phenoxy) is 1. The van der Waals surface area contributed by atoms with Crippen LogP contribution in [0.15, 0.2) is 12.4 Å². The lowest BCUT2D eigenvalue weighted by Crippen LogP contribution is -2.20. The molecule has 0 bridgehead atoms. The third kappa shape index (κ3) is 3.82. The van der Waals surface area contributed by atoms with Crippen LogP contribution < -0.4 is 5.73 Å². The van der Waals surface area contributed by atoms with Crippen LogP contribution in [0.5, 0.6) is 0 Å². The second-order valence-corrected chi connectivity index (χ2v) is 5.00. The van der Waals surface area contributed by atoms with Gasteiger partial charge in [0.15, 0.2) is 0 Å². The molecule has 1 fully saturated rings. The van der Waals surface area contributed by atoms with Gasteiger partial charge in [0.05, 0.1) is 6.10 Å². The monoisotopic (exact) mass is 237 g/mol. The molecule has 2 atom stereocenters. The highest BCUT2D eigenvalue weighted by Gasteiger charge is 2.15. The van der Waals surface area contributed by atoms with Crippen LogP contribution in [0.1, 0.15) is 38.4 Å². The van der Waals surface area contributed by atoms with Crippen molar-refractivity contribution in [3.63, 3.8) is 0 Å². The van der Waals surface area contributed by atoms with E-state index in [2.05, 4.69) is 9.55 Å². The molecule has 2 N–H and O–H groups in total. The molecular formula is C13H23N3O. The number of aryl methyl sites for hydroxylation is 1. The van der Waals surface area contributed by atoms with Crippen molar-refractivity contribution in [2.24, 2.45) is 5.73 Å². The first-order chi connectivity index (χ1) is 8.25. The molecule has 1 aliphatic heterocycles. The van der Waals surface area contributed by atoms with Gasteiger partial charge in [-0.2, -0.15) is 0 Å². The molecule has 1 aromatic heterocycles. The molecule has 1 aromatic rings. The Labute approximate surface area is 103 Å². The third-order valence-corrected chi connectivity index (χ3v) is 3.26. The number of nitrogens with two attached hydrogens (primary N) is 1. The van der Waals surface area contributed by atoms with Crippen LogP contribution in [0, 0.1) is 0 Å². The Morgan fingerprint density at radius 1 is 1.65 bits per heavy atom. The highest BCUT2D eigenvalue weighted by molar-refractivity contribution is 4.94. The molecule has 1 saturated heterocycles. The Bertz CT molecular complexity index is 329. The van der Waals surface area contributed by atoms with Gasteiger partial charge in [0.2, 0.25) is 0 Å². The molecule has 96 valence electrons. The highest BCUT2D eigenvalue weighted by atomic mass is 16.5. The summed E-state index contributed by atoms with van der Waals surface area (Å²) in [5.41, 5.74) is 5.81. The molecule has 4 heteroatoms. The molecule has 0 spiro atoms. The summed E-state index contributed by atoms with van der Waals surface area (Å²) in [6.07, 6.45) is 10.0. The Kier molecular flexibility index (Phi) is 4.57. The van der Waals surface area contributed by atoms with Crippen LogP contribution in [0.4, 0.5) is 0 Å². The minimum Gasteiger partial charge on any atom is -0.378 e. The molecule has 2 heterocycles. The first-order valence-corrected chi connectivity index (χ1v) is 6.63. The average Bonchev–Trinajstić information content (AvgIpc) is 2.90. The normalized spacial score (nSPS) is 21.9. The summed E-state index contributed by atoms with van der Waals surface area (Å²) in [5, 5.41) is 0. The third-order valence-electron chi connectivity index (χ3n) is 3.26. The Balaban J connectivity index is 1.75. The van der Waals surface area contributed by atoms with Crippen molar-refractivity contribution >= 4 is 0 Å². The van der Waals surface area contributed by atoms with E-state index in [9.17, 15) is 0 Å². The average molecular weight is 237 g/mol. The summed E-state index contributed by atoms with van der Waals surface area (Å²) in [5.74, 6) is 1.10. The maximum atomic E-state index is 5.81. The summed E-state index contributed by atoms with van der Waals surface area (Å²) < 4.78 is 7.84. The van der Waals surface area contributed by atoms with E-state index in [1.165, 1.54) is 12.8 Å². The Hall–Kier alpha value is -0.870. The molecule has 17 heavy (non-hydrogen) atoms. The standard InChI is InChI=1S/C13H23N3O/c1-11(14)10-13-15-6-8-16(13)7-2-4-12-5-3-9-17-12/h6,8,11-12H,2-5,7,9-10,14H2,1H3. The number of aromatic nitrogens is 2. The molecule has 0 saturated carbocycles. The number of hydrogen-bond acceptors (Lipinski definition) is 3. The summed E-state index contributed by atoms with van der Waals surface area (Å²) in [4.78, 5) is 4.36. The summed E-state index contributed by atoms with van der Waals surface area (Å²) in [6.45, 7) is 4.00. The fourth-order valence-electron chi connectivity index (χ4n) is 2.38. The number of hydrogen-bond donors (Lipinski definition) is 1. The quantitative estimate of drug-likeness (QED) is 0.820. The Morgan fingerprint density at radius 2 is 2.53 bits per heavy atom. The zero-order valence-electron chi connectivity index (χ0n) is 10.6. The fraction of sp³-hybridized carbons (Fsp3) is 0.769. The lowest BCUT2D eigenvalue weighted by atomic mass is 10.1. The molecule has 2 unspecified atom stereocenters. The van der Waals surface area contributed by atoms with Gasteiger partial charge < -0.3 is 15.0 Å². The van der Waals surface area contributed by atoms with E-state index >= 15 is 0 Å². The van der Waals surface area contributed by atoms with E-state index in [-0.39, 0.29) is 6.04 Å². The fourth-order valence-corrected chi connectivity index (χ4v) is 2.38. The van der Waals surface area contributed by atoms with Gasteiger partial charge in [-0.15, -0.1) is 0 Å². The van der Waals surface area contributed by atoms with Gasteiger partial charge in [0.1, 0.15) is 5.82 Å². The lowest BCUT2D eigenvalue weighted by molar-refractivity contribution is 0.101. The second-order valence-electron chi connectivity index (χ2n) is 5.00. The molecule has 0 amide bonds. The molecule has 1 aliphatic rings. The number of nitrogens with zero attached hydrogens (tertiary/aromatic N) is 2. The van der Waals surface area contributed by atoms with Crippen molar-refractivity contribution < 1.29 is 4.74 Å². The predicted octanol–water partition coefficient (Wildman–Crippen LogP) is 1.73. The van der Waals surface area contributed by atoms with E-state index in [4.69, 9.17) is 10.5 Å². The smallest absolute Gasteiger partial charge is 0.110 e. The van der Waals surface area contributed by atoms with E-state index in [1.54, 1.807) is 0 Å². The maximum absolute atomic E-state index is 5.81. The summed E-state index contributed by atoms with van der Waals surface area (Å²) in [6, 6.07) is 0.175. The zero-order valence-corrected chi connectivity index (χ0v) is 10.6. The lowest BCUT2D eigenvalue weighted by Gasteiger charge is -2.12. The van der Waals surface area contributed by atoms with Crippen LogP contribution in [0.2, 0.25) is 0 Å². The van der Waals surface area contributed by atoms with Crippen molar-refractivity contribution in [3.05, 3.63) is 18.2 Å². The van der Waals surface area contributed by atoms with Crippen LogP contribution in [0.25, 0.3) is 0 Å². The highest BCUT2D eigenvalue weighted by Crippen LogP contribution is 2.17. The minimum atomic E-state index is 0.175. The first-order valence-electron chi connectivity index (χ1n) is 6.63. The molecule has 0 aromatic carbocycles. The molecule has 4 nitrogen and oxygen atoms in total. The number of rotatable bonds is 6. The predicted molar refractivity (Wildman–Crippen MR) is 67.8 cm³/mol. The van der Waals surface area contributed by atoms with Crippen molar-refractivity contribution in [3.8, 4) is 0 Å². The van der Waals surface area contributed by atoms with E-state index in [0.29, 0.717) is 6.10 Å². The maximum Gasteiger partial charge on any atom is 0.110 e. The summed E-state index contributed by atoms with van der Waals surface area (Å²) >= 11 is 0. The van der Waals surface area contributed by atoms with Gasteiger partial charge in [0.25, 0.3) is 0 Å². The number of imidazole rings is 1. The van der Waals surface area contributed by atoms with E-state index in [0.717, 1.165) is 38.2 Å². The van der Waals surface area contributed by atoms with Gasteiger partial charge in [-0.3, -0.25) is 0 Å². The van der Waals surface area contributed by atoms with Crippen LogP contribution in [-0.4, -0.2) is 28.3 Å². The first kappa shape index (κ1) is 12.6. The molecule has 2 rings (SSSR count). The summed E-state index contributed by atoms with van der Waals surface area (Å²) in [7, 11) is 0. The van der Waals surface area contributed by atoms with Crippen molar-refractivity contribution in [2.75, 3.05) is 6.61 Å². The van der Waals surface area contributed by atoms with Gasteiger partial charge >= 0.3 is 0 Å².